The molecule has 1 aliphatic rings. The molecule has 0 aliphatic carbocycles. The average Bonchev–Trinajstić information content (AvgIpc) is 2.71. The number of carbonyl (C=O) groups excluding carboxylic acids is 1. The first-order valence-corrected chi connectivity index (χ1v) is 5.30. The smallest absolute Gasteiger partial charge is 0.262 e. The Hall–Kier alpha value is -1.50. The van der Waals surface area contributed by atoms with Crippen LogP contribution in [0.3, 0.4) is 0 Å². The molecule has 1 saturated heterocycles. The van der Waals surface area contributed by atoms with Gasteiger partial charge in [0.2, 0.25) is 5.91 Å². The monoisotopic (exact) mass is 244 g/mol. The van der Waals surface area contributed by atoms with Crippen molar-refractivity contribution in [3.05, 3.63) is 11.8 Å². The molecule has 1 aromatic rings. The van der Waals surface area contributed by atoms with E-state index < -0.39 is 30.8 Å². The molecule has 5 nitrogen and oxygen atoms in total. The molecule has 0 radical (unpaired) electrons. The van der Waals surface area contributed by atoms with Crippen LogP contribution >= 0.6 is 0 Å². The van der Waals surface area contributed by atoms with Crippen molar-refractivity contribution in [1.29, 1.82) is 0 Å². The maximum atomic E-state index is 12.9. The van der Waals surface area contributed by atoms with E-state index in [0.29, 0.717) is 5.82 Å². The second kappa shape index (κ2) is 4.06. The average molecular weight is 244 g/mol. The predicted molar refractivity (Wildman–Crippen MR) is 57.9 cm³/mol. The lowest BCUT2D eigenvalue weighted by atomic mass is 10.2. The van der Waals surface area contributed by atoms with Crippen molar-refractivity contribution in [1.82, 2.24) is 15.1 Å². The normalized spacial score (nSPS) is 22.7. The number of hydrogen-bond acceptors (Lipinski definition) is 3. The number of alkyl halides is 2. The molecule has 0 saturated carbocycles. The first-order chi connectivity index (χ1) is 7.87. The minimum absolute atomic E-state index is 0.381. The van der Waals surface area contributed by atoms with Crippen LogP contribution < -0.4 is 10.6 Å². The number of hydrogen-bond donors (Lipinski definition) is 2. The Kier molecular flexibility index (Phi) is 2.86. The number of nitrogens with zero attached hydrogens (tertiary/aromatic N) is 2. The minimum Gasteiger partial charge on any atom is -0.308 e. The van der Waals surface area contributed by atoms with Gasteiger partial charge < -0.3 is 5.32 Å². The fourth-order valence-corrected chi connectivity index (χ4v) is 1.74. The van der Waals surface area contributed by atoms with Crippen LogP contribution in [0.25, 0.3) is 0 Å². The molecule has 1 atom stereocenters. The zero-order valence-corrected chi connectivity index (χ0v) is 9.63. The molecule has 17 heavy (non-hydrogen) atoms. The Morgan fingerprint density at radius 2 is 2.41 bits per heavy atom. The number of anilines is 1. The van der Waals surface area contributed by atoms with Crippen molar-refractivity contribution in [2.45, 2.75) is 25.3 Å². The van der Waals surface area contributed by atoms with Crippen molar-refractivity contribution in [2.75, 3.05) is 11.9 Å². The predicted octanol–water partition coefficient (Wildman–Crippen LogP) is 0.664. The summed E-state index contributed by atoms with van der Waals surface area (Å²) in [6, 6.07) is 0.831. The lowest BCUT2D eigenvalue weighted by Gasteiger charge is -2.09. The van der Waals surface area contributed by atoms with Crippen LogP contribution in [0.1, 0.15) is 12.1 Å². The third-order valence-electron chi connectivity index (χ3n) is 2.79. The molecule has 2 heterocycles. The van der Waals surface area contributed by atoms with Gasteiger partial charge in [-0.3, -0.25) is 14.8 Å². The molecule has 1 aromatic heterocycles. The van der Waals surface area contributed by atoms with Crippen LogP contribution in [-0.2, 0) is 11.8 Å². The third-order valence-corrected chi connectivity index (χ3v) is 2.79. The summed E-state index contributed by atoms with van der Waals surface area (Å²) < 4.78 is 27.4. The summed E-state index contributed by atoms with van der Waals surface area (Å²) in [6.45, 7) is 1.39. The van der Waals surface area contributed by atoms with Gasteiger partial charge in [-0.1, -0.05) is 0 Å². The number of aryl methyl sites for hydroxylation is 2. The van der Waals surface area contributed by atoms with Gasteiger partial charge >= 0.3 is 0 Å². The largest absolute Gasteiger partial charge is 0.308 e. The summed E-state index contributed by atoms with van der Waals surface area (Å²) in [6.07, 6.45) is -0.468. The van der Waals surface area contributed by atoms with Gasteiger partial charge in [-0.25, -0.2) is 8.78 Å². The van der Waals surface area contributed by atoms with Gasteiger partial charge in [0.1, 0.15) is 0 Å². The van der Waals surface area contributed by atoms with Crippen LogP contribution in [0.2, 0.25) is 0 Å². The van der Waals surface area contributed by atoms with Crippen molar-refractivity contribution in [3.8, 4) is 0 Å². The molecule has 0 bridgehead atoms. The Bertz CT molecular complexity index is 424. The van der Waals surface area contributed by atoms with Crippen molar-refractivity contribution in [2.24, 2.45) is 7.05 Å². The van der Waals surface area contributed by atoms with Gasteiger partial charge in [0.15, 0.2) is 5.82 Å². The molecule has 1 aliphatic heterocycles. The fraction of sp³-hybridized carbons (Fsp3) is 0.600. The van der Waals surface area contributed by atoms with E-state index in [1.807, 2.05) is 6.92 Å². The van der Waals surface area contributed by atoms with E-state index in [-0.39, 0.29) is 0 Å². The van der Waals surface area contributed by atoms with Crippen molar-refractivity contribution >= 4 is 11.7 Å². The molecule has 0 aromatic carbocycles. The first-order valence-electron chi connectivity index (χ1n) is 5.30. The number of carbonyl (C=O) groups is 1. The van der Waals surface area contributed by atoms with Gasteiger partial charge in [0, 0.05) is 25.2 Å². The number of amides is 1. The Balaban J connectivity index is 1.98. The van der Waals surface area contributed by atoms with Crippen molar-refractivity contribution in [3.63, 3.8) is 0 Å². The highest BCUT2D eigenvalue weighted by molar-refractivity contribution is 5.94. The summed E-state index contributed by atoms with van der Waals surface area (Å²) in [5.41, 5.74) is 0.880. The molecule has 1 unspecified atom stereocenters. The first kappa shape index (κ1) is 12.0. The van der Waals surface area contributed by atoms with E-state index in [9.17, 15) is 13.6 Å². The van der Waals surface area contributed by atoms with Crippen LogP contribution in [0.5, 0.6) is 0 Å². The highest BCUT2D eigenvalue weighted by atomic mass is 19.3. The van der Waals surface area contributed by atoms with E-state index in [0.717, 1.165) is 5.69 Å². The molecule has 7 heteroatoms. The maximum absolute atomic E-state index is 12.9. The molecule has 1 amide bonds. The van der Waals surface area contributed by atoms with Crippen LogP contribution in [0.15, 0.2) is 6.07 Å². The lowest BCUT2D eigenvalue weighted by Crippen LogP contribution is -2.35. The highest BCUT2D eigenvalue weighted by Crippen LogP contribution is 2.25. The molecular formula is C10H14F2N4O. The minimum atomic E-state index is -2.80. The van der Waals surface area contributed by atoms with Gasteiger partial charge in [-0.05, 0) is 6.92 Å². The SMILES string of the molecule is Cc1cc(NC(=O)C2CC(F)(F)CN2)nn1C. The molecule has 1 fully saturated rings. The van der Waals surface area contributed by atoms with Crippen molar-refractivity contribution < 1.29 is 13.6 Å². The Labute approximate surface area is 97.2 Å². The van der Waals surface area contributed by atoms with Gasteiger partial charge in [-0.15, -0.1) is 0 Å². The van der Waals surface area contributed by atoms with Crippen LogP contribution in [0, 0.1) is 6.92 Å². The van der Waals surface area contributed by atoms with Crippen LogP contribution in [0.4, 0.5) is 14.6 Å². The molecule has 0 spiro atoms. The second-order valence-corrected chi connectivity index (χ2v) is 4.28. The zero-order chi connectivity index (χ0) is 12.6. The number of nitrogens with one attached hydrogen (secondary N) is 2. The van der Waals surface area contributed by atoms with E-state index in [2.05, 4.69) is 15.7 Å². The highest BCUT2D eigenvalue weighted by Gasteiger charge is 2.42. The fourth-order valence-electron chi connectivity index (χ4n) is 1.74. The second-order valence-electron chi connectivity index (χ2n) is 4.28. The molecule has 94 valence electrons. The topological polar surface area (TPSA) is 59.0 Å². The summed E-state index contributed by atoms with van der Waals surface area (Å²) in [5.74, 6) is -2.89. The Morgan fingerprint density at radius 3 is 2.88 bits per heavy atom. The molecule has 2 rings (SSSR count). The quantitative estimate of drug-likeness (QED) is 0.803. The Morgan fingerprint density at radius 1 is 1.71 bits per heavy atom. The van der Waals surface area contributed by atoms with Gasteiger partial charge in [-0.2, -0.15) is 5.10 Å². The maximum Gasteiger partial charge on any atom is 0.262 e. The summed E-state index contributed by atoms with van der Waals surface area (Å²) in [5, 5.41) is 9.04. The molecule has 2 N–H and O–H groups in total. The molecular weight excluding hydrogens is 230 g/mol. The number of halogens is 2. The summed E-state index contributed by atoms with van der Waals surface area (Å²) in [4.78, 5) is 11.7. The van der Waals surface area contributed by atoms with E-state index in [4.69, 9.17) is 0 Å². The number of rotatable bonds is 2. The number of aromatic nitrogens is 2. The summed E-state index contributed by atoms with van der Waals surface area (Å²) >= 11 is 0. The summed E-state index contributed by atoms with van der Waals surface area (Å²) in [7, 11) is 1.74. The zero-order valence-electron chi connectivity index (χ0n) is 9.63. The lowest BCUT2D eigenvalue weighted by molar-refractivity contribution is -0.118. The van der Waals surface area contributed by atoms with E-state index in [1.54, 1.807) is 17.8 Å². The third kappa shape index (κ3) is 2.60. The van der Waals surface area contributed by atoms with Crippen LogP contribution in [-0.4, -0.2) is 34.2 Å². The van der Waals surface area contributed by atoms with E-state index >= 15 is 0 Å². The standard InChI is InChI=1S/C10H14F2N4O/c1-6-3-8(15-16(6)2)14-9(17)7-4-10(11,12)5-13-7/h3,7,13H,4-5H2,1-2H3,(H,14,15,17). The van der Waals surface area contributed by atoms with Gasteiger partial charge in [0.05, 0.1) is 12.6 Å². The van der Waals surface area contributed by atoms with E-state index in [1.165, 1.54) is 0 Å². The van der Waals surface area contributed by atoms with Gasteiger partial charge in [0.25, 0.3) is 5.92 Å².